The quantitative estimate of drug-likeness (QED) is 0.843. The maximum atomic E-state index is 12.6. The number of nitrogens with one attached hydrogen (secondary N) is 1. The number of hydrogen-bond donors (Lipinski definition) is 1. The van der Waals surface area contributed by atoms with Crippen molar-refractivity contribution in [3.8, 4) is 0 Å². The van der Waals surface area contributed by atoms with Crippen molar-refractivity contribution < 1.29 is 9.59 Å². The molecule has 0 aromatic heterocycles. The number of thioether (sulfide) groups is 1. The van der Waals surface area contributed by atoms with Gasteiger partial charge in [0.2, 0.25) is 11.8 Å². The van der Waals surface area contributed by atoms with Crippen molar-refractivity contribution >= 4 is 23.6 Å². The maximum absolute atomic E-state index is 12.6. The normalized spacial score (nSPS) is 27.0. The van der Waals surface area contributed by atoms with Crippen LogP contribution in [0.25, 0.3) is 0 Å². The molecule has 0 aromatic rings. The van der Waals surface area contributed by atoms with Crippen LogP contribution in [0.5, 0.6) is 0 Å². The second-order valence-electron chi connectivity index (χ2n) is 6.97. The Balaban J connectivity index is 1.42. The third-order valence-electron chi connectivity index (χ3n) is 5.32. The molecule has 2 heterocycles. The van der Waals surface area contributed by atoms with Gasteiger partial charge < -0.3 is 15.1 Å². The molecule has 3 rings (SSSR count). The molecule has 1 aliphatic carbocycles. The van der Waals surface area contributed by atoms with Crippen LogP contribution >= 0.6 is 11.8 Å². The molecular formula is C17H29N3O2S. The molecule has 3 aliphatic rings. The molecular weight excluding hydrogens is 310 g/mol. The minimum absolute atomic E-state index is 0.245. The summed E-state index contributed by atoms with van der Waals surface area (Å²) < 4.78 is 0. The van der Waals surface area contributed by atoms with E-state index in [1.807, 2.05) is 21.6 Å². The summed E-state index contributed by atoms with van der Waals surface area (Å²) in [7, 11) is 0. The van der Waals surface area contributed by atoms with Gasteiger partial charge in [-0.15, -0.1) is 0 Å². The third-order valence-corrected chi connectivity index (χ3v) is 6.45. The van der Waals surface area contributed by atoms with Gasteiger partial charge in [0.1, 0.15) is 0 Å². The SMILES string of the molecule is O=C(CC1CSCCN1)N1CCN(C(=O)C2CCCCC2)CC1. The van der Waals surface area contributed by atoms with Crippen LogP contribution in [-0.4, -0.2) is 71.9 Å². The van der Waals surface area contributed by atoms with Crippen LogP contribution in [0.15, 0.2) is 0 Å². The van der Waals surface area contributed by atoms with Crippen molar-refractivity contribution in [1.29, 1.82) is 0 Å². The summed E-state index contributed by atoms with van der Waals surface area (Å²) in [5.41, 5.74) is 0. The van der Waals surface area contributed by atoms with Gasteiger partial charge in [0.15, 0.2) is 0 Å². The van der Waals surface area contributed by atoms with E-state index in [4.69, 9.17) is 0 Å². The Labute approximate surface area is 143 Å². The maximum Gasteiger partial charge on any atom is 0.225 e. The lowest BCUT2D eigenvalue weighted by Gasteiger charge is -2.37. The minimum atomic E-state index is 0.245. The predicted octanol–water partition coefficient (Wildman–Crippen LogP) is 1.33. The summed E-state index contributed by atoms with van der Waals surface area (Å²) in [5, 5.41) is 3.43. The molecule has 3 fully saturated rings. The highest BCUT2D eigenvalue weighted by Crippen LogP contribution is 2.26. The largest absolute Gasteiger partial charge is 0.339 e. The van der Waals surface area contributed by atoms with Gasteiger partial charge >= 0.3 is 0 Å². The average Bonchev–Trinajstić information content (AvgIpc) is 2.63. The molecule has 0 spiro atoms. The van der Waals surface area contributed by atoms with E-state index in [9.17, 15) is 9.59 Å². The number of amides is 2. The standard InChI is InChI=1S/C17H29N3O2S/c21-16(12-15-13-23-11-6-18-15)19-7-9-20(10-8-19)17(22)14-4-2-1-3-5-14/h14-15,18H,1-13H2. The van der Waals surface area contributed by atoms with Gasteiger partial charge in [0.25, 0.3) is 0 Å². The molecule has 6 heteroatoms. The van der Waals surface area contributed by atoms with E-state index in [0.717, 1.165) is 30.9 Å². The number of carbonyl (C=O) groups is 2. The second-order valence-corrected chi connectivity index (χ2v) is 8.12. The summed E-state index contributed by atoms with van der Waals surface area (Å²) in [6.45, 7) is 3.85. The lowest BCUT2D eigenvalue weighted by molar-refractivity contribution is -0.143. The van der Waals surface area contributed by atoms with Crippen LogP contribution in [0.2, 0.25) is 0 Å². The Kier molecular flexibility index (Phi) is 6.22. The first-order chi connectivity index (χ1) is 11.2. The predicted molar refractivity (Wildman–Crippen MR) is 93.5 cm³/mol. The molecule has 1 atom stereocenters. The van der Waals surface area contributed by atoms with E-state index in [1.165, 1.54) is 19.3 Å². The summed E-state index contributed by atoms with van der Waals surface area (Å²) >= 11 is 1.93. The van der Waals surface area contributed by atoms with Crippen molar-refractivity contribution in [2.75, 3.05) is 44.2 Å². The van der Waals surface area contributed by atoms with E-state index in [0.29, 0.717) is 44.5 Å². The fourth-order valence-electron chi connectivity index (χ4n) is 3.87. The first-order valence-electron chi connectivity index (χ1n) is 9.12. The van der Waals surface area contributed by atoms with Gasteiger partial charge in [-0.2, -0.15) is 11.8 Å². The highest BCUT2D eigenvalue weighted by Gasteiger charge is 2.30. The van der Waals surface area contributed by atoms with E-state index < -0.39 is 0 Å². The van der Waals surface area contributed by atoms with Crippen LogP contribution in [0.4, 0.5) is 0 Å². The summed E-state index contributed by atoms with van der Waals surface area (Å²) in [6, 6.07) is 0.322. The van der Waals surface area contributed by atoms with E-state index in [-0.39, 0.29) is 11.8 Å². The van der Waals surface area contributed by atoms with Crippen molar-refractivity contribution in [3.05, 3.63) is 0 Å². The van der Waals surface area contributed by atoms with Crippen molar-refractivity contribution in [2.45, 2.75) is 44.6 Å². The molecule has 130 valence electrons. The first-order valence-corrected chi connectivity index (χ1v) is 10.3. The number of piperazine rings is 1. The zero-order chi connectivity index (χ0) is 16.1. The average molecular weight is 340 g/mol. The Bertz CT molecular complexity index is 412. The van der Waals surface area contributed by atoms with Gasteiger partial charge in [0, 0.05) is 62.6 Å². The van der Waals surface area contributed by atoms with Crippen LogP contribution in [0.3, 0.4) is 0 Å². The number of carbonyl (C=O) groups excluding carboxylic acids is 2. The zero-order valence-electron chi connectivity index (χ0n) is 14.0. The second kappa shape index (κ2) is 8.38. The van der Waals surface area contributed by atoms with Crippen molar-refractivity contribution in [1.82, 2.24) is 15.1 Å². The van der Waals surface area contributed by atoms with Crippen LogP contribution in [0.1, 0.15) is 38.5 Å². The Morgan fingerprint density at radius 1 is 1.00 bits per heavy atom. The van der Waals surface area contributed by atoms with Crippen molar-refractivity contribution in [3.63, 3.8) is 0 Å². The smallest absolute Gasteiger partial charge is 0.225 e. The highest BCUT2D eigenvalue weighted by molar-refractivity contribution is 7.99. The van der Waals surface area contributed by atoms with Gasteiger partial charge in [-0.25, -0.2) is 0 Å². The number of nitrogens with zero attached hydrogens (tertiary/aromatic N) is 2. The lowest BCUT2D eigenvalue weighted by Crippen LogP contribution is -2.53. The fraction of sp³-hybridized carbons (Fsp3) is 0.882. The Hall–Kier alpha value is -0.750. The third kappa shape index (κ3) is 4.63. The zero-order valence-corrected chi connectivity index (χ0v) is 14.8. The molecule has 0 radical (unpaired) electrons. The van der Waals surface area contributed by atoms with E-state index in [1.54, 1.807) is 0 Å². The molecule has 23 heavy (non-hydrogen) atoms. The van der Waals surface area contributed by atoms with Crippen LogP contribution in [-0.2, 0) is 9.59 Å². The van der Waals surface area contributed by atoms with Gasteiger partial charge in [-0.3, -0.25) is 9.59 Å². The molecule has 0 aromatic carbocycles. The van der Waals surface area contributed by atoms with Crippen LogP contribution < -0.4 is 5.32 Å². The molecule has 1 unspecified atom stereocenters. The molecule has 2 amide bonds. The molecule has 5 nitrogen and oxygen atoms in total. The minimum Gasteiger partial charge on any atom is -0.339 e. The summed E-state index contributed by atoms with van der Waals surface area (Å²) in [5.74, 6) is 3.00. The van der Waals surface area contributed by atoms with Gasteiger partial charge in [-0.05, 0) is 12.8 Å². The topological polar surface area (TPSA) is 52.7 Å². The number of rotatable bonds is 3. The monoisotopic (exact) mass is 339 g/mol. The Morgan fingerprint density at radius 2 is 1.70 bits per heavy atom. The summed E-state index contributed by atoms with van der Waals surface area (Å²) in [6.07, 6.45) is 6.39. The van der Waals surface area contributed by atoms with Crippen LogP contribution in [0, 0.1) is 5.92 Å². The van der Waals surface area contributed by atoms with Gasteiger partial charge in [0.05, 0.1) is 0 Å². The molecule has 2 saturated heterocycles. The fourth-order valence-corrected chi connectivity index (χ4v) is 4.82. The molecule has 2 aliphatic heterocycles. The van der Waals surface area contributed by atoms with Gasteiger partial charge in [-0.1, -0.05) is 19.3 Å². The number of hydrogen-bond acceptors (Lipinski definition) is 4. The molecule has 1 N–H and O–H groups in total. The van der Waals surface area contributed by atoms with E-state index in [2.05, 4.69) is 5.32 Å². The van der Waals surface area contributed by atoms with Crippen molar-refractivity contribution in [2.24, 2.45) is 5.92 Å². The summed E-state index contributed by atoms with van der Waals surface area (Å²) in [4.78, 5) is 28.9. The molecule has 1 saturated carbocycles. The van der Waals surface area contributed by atoms with E-state index >= 15 is 0 Å². The lowest BCUT2D eigenvalue weighted by atomic mass is 9.88. The highest BCUT2D eigenvalue weighted by atomic mass is 32.2. The Morgan fingerprint density at radius 3 is 2.35 bits per heavy atom. The first kappa shape index (κ1) is 17.1. The molecule has 0 bridgehead atoms.